The van der Waals surface area contributed by atoms with Crippen molar-refractivity contribution in [2.45, 2.75) is 0 Å². The van der Waals surface area contributed by atoms with Crippen LogP contribution < -0.4 is 8.47 Å². The van der Waals surface area contributed by atoms with E-state index >= 15 is 0 Å². The summed E-state index contributed by atoms with van der Waals surface area (Å²) < 4.78 is 2.61. The Bertz CT molecular complexity index is 372. The maximum atomic E-state index is 2.17. The molecule has 2 heteroatoms. The summed E-state index contributed by atoms with van der Waals surface area (Å²) in [5, 5.41) is 0. The van der Waals surface area contributed by atoms with Gasteiger partial charge in [-0.3, -0.25) is 0 Å². The first-order valence-corrected chi connectivity index (χ1v) is 4.89. The van der Waals surface area contributed by atoms with E-state index in [0.29, 0.717) is 0 Å². The quantitative estimate of drug-likeness (QED) is 0.553. The average molecular weight is 166 g/mol. The van der Waals surface area contributed by atoms with Gasteiger partial charge in [0.05, 0.1) is 0 Å². The van der Waals surface area contributed by atoms with Crippen LogP contribution in [-0.4, -0.2) is 35.4 Å². The van der Waals surface area contributed by atoms with E-state index < -0.39 is 0 Å². The second-order valence-corrected chi connectivity index (χ2v) is 3.73. The molecule has 0 aliphatic rings. The van der Waals surface area contributed by atoms with Gasteiger partial charge in [0.25, 0.3) is 0 Å². The number of rotatable bonds is 1. The van der Waals surface area contributed by atoms with E-state index in [2.05, 4.69) is 84.0 Å². The minimum absolute atomic E-state index is 1.29. The Kier molecular flexibility index (Phi) is 3.22. The molecule has 0 saturated heterocycles. The Labute approximate surface area is 103 Å². The average Bonchev–Trinajstić information content (AvgIpc) is 2.21. The molecule has 58 valence electrons. The van der Waals surface area contributed by atoms with Crippen LogP contribution in [0.3, 0.4) is 0 Å². The molecule has 0 bridgehead atoms. The van der Waals surface area contributed by atoms with Crippen LogP contribution in [0.5, 0.6) is 0 Å². The molecule has 2 aromatic carbocycles. The van der Waals surface area contributed by atoms with E-state index in [1.54, 1.807) is 0 Å². The van der Waals surface area contributed by atoms with E-state index in [9.17, 15) is 0 Å². The van der Waals surface area contributed by atoms with Gasteiger partial charge in [0, 0.05) is 0 Å². The fourth-order valence-electron chi connectivity index (χ4n) is 1.49. The van der Waals surface area contributed by atoms with Crippen LogP contribution in [0.2, 0.25) is 0 Å². The van der Waals surface area contributed by atoms with E-state index in [1.165, 1.54) is 19.6 Å². The Morgan fingerprint density at radius 1 is 0.500 bits per heavy atom. The predicted octanol–water partition coefficient (Wildman–Crippen LogP) is 0.941. The first-order valence-electron chi connectivity index (χ1n) is 4.89. The summed E-state index contributed by atoms with van der Waals surface area (Å²) in [6.45, 7) is 0. The van der Waals surface area contributed by atoms with Crippen LogP contribution in [0.25, 0.3) is 11.1 Å². The molecular formula is C12H8Li2. The SMILES string of the molecule is [Li][c]1ccc(-c2cc[c]([Li])cc2)cc1. The fraction of sp³-hybridized carbons (Fsp3) is 0. The molecular weight excluding hydrogens is 158 g/mol. The van der Waals surface area contributed by atoms with Crippen molar-refractivity contribution in [2.75, 3.05) is 0 Å². The number of benzene rings is 2. The molecule has 0 atom stereocenters. The molecule has 0 aliphatic heterocycles. The van der Waals surface area contributed by atoms with Gasteiger partial charge in [0.1, 0.15) is 0 Å². The summed E-state index contributed by atoms with van der Waals surface area (Å²) in [7, 11) is 0. The molecule has 0 aromatic heterocycles. The van der Waals surface area contributed by atoms with Gasteiger partial charge in [-0.15, -0.1) is 0 Å². The van der Waals surface area contributed by atoms with Gasteiger partial charge in [-0.1, -0.05) is 0 Å². The second kappa shape index (κ2) is 4.44. The van der Waals surface area contributed by atoms with Crippen molar-refractivity contribution in [1.29, 1.82) is 0 Å². The van der Waals surface area contributed by atoms with Crippen molar-refractivity contribution in [2.24, 2.45) is 0 Å². The van der Waals surface area contributed by atoms with Gasteiger partial charge < -0.3 is 0 Å². The number of hydrogen-bond acceptors (Lipinski definition) is 0. The number of hydrogen-bond donors (Lipinski definition) is 0. The molecule has 0 heterocycles. The Hall–Kier alpha value is -0.365. The van der Waals surface area contributed by atoms with Gasteiger partial charge in [0.15, 0.2) is 0 Å². The molecule has 0 spiro atoms. The van der Waals surface area contributed by atoms with E-state index in [0.717, 1.165) is 0 Å². The molecule has 0 unspecified atom stereocenters. The standard InChI is InChI=1S/C12H8.2Li/c1-3-7-11(8-4-1)12-9-5-2-6-10-12;;/h3-10H;;. The Morgan fingerprint density at radius 3 is 1.07 bits per heavy atom. The van der Waals surface area contributed by atoms with Gasteiger partial charge in [-0.2, -0.15) is 0 Å². The summed E-state index contributed by atoms with van der Waals surface area (Å²) in [4.78, 5) is 0. The molecule has 0 radical (unpaired) electrons. The van der Waals surface area contributed by atoms with E-state index in [-0.39, 0.29) is 0 Å². The molecule has 0 amide bonds. The first kappa shape index (κ1) is 10.2. The molecule has 0 fully saturated rings. The molecule has 0 N–H and O–H groups in total. The van der Waals surface area contributed by atoms with Crippen LogP contribution in [0.15, 0.2) is 48.5 Å². The fourth-order valence-corrected chi connectivity index (χ4v) is 1.49. The topological polar surface area (TPSA) is 0 Å². The van der Waals surface area contributed by atoms with E-state index in [1.807, 2.05) is 0 Å². The summed E-state index contributed by atoms with van der Waals surface area (Å²) in [6, 6.07) is 17.3. The third-order valence-corrected chi connectivity index (χ3v) is 2.44. The first-order chi connectivity index (χ1) is 6.75. The van der Waals surface area contributed by atoms with Crippen molar-refractivity contribution in [3.05, 3.63) is 48.5 Å². The van der Waals surface area contributed by atoms with Gasteiger partial charge in [-0.05, 0) is 0 Å². The zero-order valence-electron chi connectivity index (χ0n) is 8.62. The van der Waals surface area contributed by atoms with Crippen LogP contribution >= 0.6 is 0 Å². The summed E-state index contributed by atoms with van der Waals surface area (Å²) in [5.41, 5.74) is 2.58. The summed E-state index contributed by atoms with van der Waals surface area (Å²) >= 11 is 4.22. The molecule has 0 saturated carbocycles. The monoisotopic (exact) mass is 166 g/mol. The van der Waals surface area contributed by atoms with Gasteiger partial charge in [-0.25, -0.2) is 0 Å². The van der Waals surface area contributed by atoms with Crippen molar-refractivity contribution in [3.8, 4) is 11.1 Å². The molecule has 2 rings (SSSR count). The molecule has 2 aromatic rings. The predicted molar refractivity (Wildman–Crippen MR) is 62.7 cm³/mol. The third kappa shape index (κ3) is 2.36. The zero-order chi connectivity index (χ0) is 9.97. The van der Waals surface area contributed by atoms with E-state index in [4.69, 9.17) is 0 Å². The van der Waals surface area contributed by atoms with Gasteiger partial charge >= 0.3 is 104 Å². The normalized spacial score (nSPS) is 10.3. The maximum absolute atomic E-state index is 2.17. The Balaban J connectivity index is 2.40. The zero-order valence-corrected chi connectivity index (χ0v) is 8.62. The van der Waals surface area contributed by atoms with Crippen LogP contribution in [0.1, 0.15) is 0 Å². The van der Waals surface area contributed by atoms with Crippen molar-refractivity contribution in [3.63, 3.8) is 0 Å². The van der Waals surface area contributed by atoms with Crippen LogP contribution in [-0.2, 0) is 0 Å². The molecule has 14 heavy (non-hydrogen) atoms. The summed E-state index contributed by atoms with van der Waals surface area (Å²) in [5.74, 6) is 0. The second-order valence-electron chi connectivity index (χ2n) is 3.73. The molecule has 0 aliphatic carbocycles. The van der Waals surface area contributed by atoms with Gasteiger partial charge in [0.2, 0.25) is 0 Å². The van der Waals surface area contributed by atoms with Crippen LogP contribution in [0, 0.1) is 0 Å². The summed E-state index contributed by atoms with van der Waals surface area (Å²) in [6.07, 6.45) is 0. The Morgan fingerprint density at radius 2 is 0.786 bits per heavy atom. The van der Waals surface area contributed by atoms with Crippen LogP contribution in [0.4, 0.5) is 0 Å². The van der Waals surface area contributed by atoms with Crippen molar-refractivity contribution < 1.29 is 0 Å². The van der Waals surface area contributed by atoms with Crippen molar-refractivity contribution in [1.82, 2.24) is 0 Å². The minimum atomic E-state index is 1.29. The third-order valence-electron chi connectivity index (χ3n) is 2.44. The van der Waals surface area contributed by atoms with Crippen molar-refractivity contribution >= 4 is 43.9 Å². The molecule has 0 nitrogen and oxygen atoms in total.